The van der Waals surface area contributed by atoms with Gasteiger partial charge in [0.25, 0.3) is 0 Å². The maximum Gasteiger partial charge on any atom is 0.162 e. The van der Waals surface area contributed by atoms with Crippen molar-refractivity contribution in [2.24, 2.45) is 0 Å². The predicted molar refractivity (Wildman–Crippen MR) is 54.7 cm³/mol. The fourth-order valence-electron chi connectivity index (χ4n) is 1.02. The van der Waals surface area contributed by atoms with Gasteiger partial charge in [-0.2, -0.15) is 0 Å². The molecule has 1 heterocycles. The van der Waals surface area contributed by atoms with Crippen molar-refractivity contribution in [3.05, 3.63) is 0 Å². The highest BCUT2D eigenvalue weighted by Gasteiger charge is 2.24. The van der Waals surface area contributed by atoms with Gasteiger partial charge in [-0.3, -0.25) is 0 Å². The summed E-state index contributed by atoms with van der Waals surface area (Å²) in [6.07, 6.45) is 0.360. The van der Waals surface area contributed by atoms with Crippen molar-refractivity contribution in [2.75, 3.05) is 19.8 Å². The highest BCUT2D eigenvalue weighted by atomic mass is 28.2. The van der Waals surface area contributed by atoms with E-state index in [2.05, 4.69) is 20.8 Å². The molecule has 1 unspecified atom stereocenters. The van der Waals surface area contributed by atoms with E-state index < -0.39 is 0 Å². The molecule has 1 fully saturated rings. The summed E-state index contributed by atoms with van der Waals surface area (Å²) in [5.74, 6) is 0. The molecule has 0 bridgehead atoms. The summed E-state index contributed by atoms with van der Waals surface area (Å²) in [7, 11) is -0.325. The van der Waals surface area contributed by atoms with E-state index in [4.69, 9.17) is 13.9 Å². The molecule has 0 aromatic rings. The Labute approximate surface area is 82.7 Å². The van der Waals surface area contributed by atoms with Crippen molar-refractivity contribution in [3.8, 4) is 0 Å². The van der Waals surface area contributed by atoms with Crippen LogP contribution in [0.15, 0.2) is 0 Å². The Morgan fingerprint density at radius 3 is 2.77 bits per heavy atom. The molecule has 4 heteroatoms. The van der Waals surface area contributed by atoms with Gasteiger partial charge in [0.1, 0.15) is 6.10 Å². The summed E-state index contributed by atoms with van der Waals surface area (Å²) in [6, 6.07) is 1.19. The lowest BCUT2D eigenvalue weighted by Crippen LogP contribution is -2.32. The van der Waals surface area contributed by atoms with Gasteiger partial charge in [-0.25, -0.2) is 0 Å². The highest BCUT2D eigenvalue weighted by molar-refractivity contribution is 6.27. The molecule has 1 aliphatic heterocycles. The minimum absolute atomic E-state index is 0.100. The fraction of sp³-hybridized carbons (Fsp3) is 1.00. The van der Waals surface area contributed by atoms with E-state index in [1.54, 1.807) is 0 Å². The van der Waals surface area contributed by atoms with Crippen LogP contribution in [0.3, 0.4) is 0 Å². The number of ether oxygens (including phenoxy) is 2. The third-order valence-corrected chi connectivity index (χ3v) is 3.25. The van der Waals surface area contributed by atoms with Gasteiger partial charge in [0.2, 0.25) is 0 Å². The molecule has 1 saturated heterocycles. The molecule has 3 nitrogen and oxygen atoms in total. The molecular weight excluding hydrogens is 184 g/mol. The molecule has 0 aromatic carbocycles. The van der Waals surface area contributed by atoms with Gasteiger partial charge < -0.3 is 13.9 Å². The lowest BCUT2D eigenvalue weighted by molar-refractivity contribution is -0.00612. The summed E-state index contributed by atoms with van der Waals surface area (Å²) in [5.41, 5.74) is -0.100. The summed E-state index contributed by atoms with van der Waals surface area (Å²) < 4.78 is 16.3. The van der Waals surface area contributed by atoms with Gasteiger partial charge in [0.15, 0.2) is 9.76 Å². The standard InChI is InChI=1S/C9H20O3Si/c1-4-13-12-9(2,3)7-10-5-8-6-11-8/h8H,4-7,13H2,1-3H3. The first kappa shape index (κ1) is 11.2. The maximum absolute atomic E-state index is 5.75. The minimum Gasteiger partial charge on any atom is -0.417 e. The van der Waals surface area contributed by atoms with Gasteiger partial charge in [0.05, 0.1) is 25.4 Å². The molecule has 13 heavy (non-hydrogen) atoms. The predicted octanol–water partition coefficient (Wildman–Crippen LogP) is 0.719. The van der Waals surface area contributed by atoms with Crippen LogP contribution >= 0.6 is 0 Å². The molecule has 1 aliphatic rings. The first-order valence-corrected chi connectivity index (χ1v) is 6.55. The molecule has 0 spiro atoms. The van der Waals surface area contributed by atoms with Crippen LogP contribution in [0.5, 0.6) is 0 Å². The third-order valence-electron chi connectivity index (χ3n) is 1.85. The molecule has 0 radical (unpaired) electrons. The lowest BCUT2D eigenvalue weighted by Gasteiger charge is -2.25. The first-order valence-electron chi connectivity index (χ1n) is 4.97. The van der Waals surface area contributed by atoms with Crippen LogP contribution in [0.25, 0.3) is 0 Å². The van der Waals surface area contributed by atoms with Gasteiger partial charge in [-0.1, -0.05) is 6.92 Å². The van der Waals surface area contributed by atoms with Crippen LogP contribution in [0.4, 0.5) is 0 Å². The lowest BCUT2D eigenvalue weighted by atomic mass is 10.2. The average molecular weight is 204 g/mol. The largest absolute Gasteiger partial charge is 0.417 e. The topological polar surface area (TPSA) is 31.0 Å². The molecule has 78 valence electrons. The van der Waals surface area contributed by atoms with Crippen molar-refractivity contribution < 1.29 is 13.9 Å². The normalized spacial score (nSPS) is 22.8. The smallest absolute Gasteiger partial charge is 0.162 e. The van der Waals surface area contributed by atoms with Crippen molar-refractivity contribution in [3.63, 3.8) is 0 Å². The first-order chi connectivity index (χ1) is 6.14. The Morgan fingerprint density at radius 2 is 2.23 bits per heavy atom. The highest BCUT2D eigenvalue weighted by Crippen LogP contribution is 2.13. The van der Waals surface area contributed by atoms with Crippen molar-refractivity contribution in [1.29, 1.82) is 0 Å². The van der Waals surface area contributed by atoms with Crippen LogP contribution in [-0.4, -0.2) is 41.3 Å². The van der Waals surface area contributed by atoms with E-state index in [0.29, 0.717) is 12.7 Å². The van der Waals surface area contributed by atoms with E-state index in [-0.39, 0.29) is 15.4 Å². The van der Waals surface area contributed by atoms with Gasteiger partial charge in [0, 0.05) is 0 Å². The Hall–Kier alpha value is 0.0969. The number of hydrogen-bond donors (Lipinski definition) is 0. The van der Waals surface area contributed by atoms with E-state index in [1.165, 1.54) is 6.04 Å². The maximum atomic E-state index is 5.75. The molecule has 0 aromatic heterocycles. The Balaban J connectivity index is 2.01. The van der Waals surface area contributed by atoms with E-state index in [1.807, 2.05) is 0 Å². The van der Waals surface area contributed by atoms with E-state index in [9.17, 15) is 0 Å². The molecule has 0 N–H and O–H groups in total. The van der Waals surface area contributed by atoms with Crippen LogP contribution in [0.2, 0.25) is 6.04 Å². The van der Waals surface area contributed by atoms with Crippen LogP contribution in [-0.2, 0) is 13.9 Å². The molecular formula is C9H20O3Si. The quantitative estimate of drug-likeness (QED) is 0.452. The average Bonchev–Trinajstić information content (AvgIpc) is 2.84. The molecule has 0 saturated carbocycles. The zero-order chi connectivity index (χ0) is 9.73. The van der Waals surface area contributed by atoms with Crippen LogP contribution in [0.1, 0.15) is 20.8 Å². The van der Waals surface area contributed by atoms with Gasteiger partial charge in [-0.05, 0) is 19.9 Å². The Morgan fingerprint density at radius 1 is 1.54 bits per heavy atom. The molecule has 0 aliphatic carbocycles. The number of epoxide rings is 1. The summed E-state index contributed by atoms with van der Waals surface area (Å²) in [6.45, 7) is 8.61. The SMILES string of the molecule is CC[SiH2]OC(C)(C)COCC1CO1. The Kier molecular flexibility index (Phi) is 4.38. The Bertz CT molecular complexity index is 146. The minimum atomic E-state index is -0.325. The second kappa shape index (κ2) is 5.10. The zero-order valence-corrected chi connectivity index (χ0v) is 10.3. The fourth-order valence-corrected chi connectivity index (χ4v) is 1.86. The summed E-state index contributed by atoms with van der Waals surface area (Å²) in [5, 5.41) is 0. The van der Waals surface area contributed by atoms with E-state index >= 15 is 0 Å². The third kappa shape index (κ3) is 5.41. The molecule has 1 rings (SSSR count). The van der Waals surface area contributed by atoms with Crippen molar-refractivity contribution >= 4 is 9.76 Å². The van der Waals surface area contributed by atoms with Crippen molar-refractivity contribution in [1.82, 2.24) is 0 Å². The van der Waals surface area contributed by atoms with Gasteiger partial charge in [-0.15, -0.1) is 0 Å². The molecule has 1 atom stereocenters. The second-order valence-electron chi connectivity index (χ2n) is 4.08. The monoisotopic (exact) mass is 204 g/mol. The van der Waals surface area contributed by atoms with Crippen molar-refractivity contribution in [2.45, 2.75) is 38.5 Å². The van der Waals surface area contributed by atoms with Crippen LogP contribution in [0, 0.1) is 0 Å². The number of hydrogen-bond acceptors (Lipinski definition) is 3. The van der Waals surface area contributed by atoms with E-state index in [0.717, 1.165) is 13.2 Å². The number of rotatable bonds is 7. The second-order valence-corrected chi connectivity index (χ2v) is 5.78. The zero-order valence-electron chi connectivity index (χ0n) is 8.84. The van der Waals surface area contributed by atoms with Gasteiger partial charge >= 0.3 is 0 Å². The van der Waals surface area contributed by atoms with Crippen LogP contribution < -0.4 is 0 Å². The summed E-state index contributed by atoms with van der Waals surface area (Å²) in [4.78, 5) is 0. The summed E-state index contributed by atoms with van der Waals surface area (Å²) >= 11 is 0. The molecule has 0 amide bonds.